The van der Waals surface area contributed by atoms with Crippen LogP contribution >= 0.6 is 0 Å². The summed E-state index contributed by atoms with van der Waals surface area (Å²) in [5, 5.41) is 0. The Morgan fingerprint density at radius 3 is 2.31 bits per heavy atom. The highest BCUT2D eigenvalue weighted by molar-refractivity contribution is 5.68. The van der Waals surface area contributed by atoms with Gasteiger partial charge in [-0.15, -0.1) is 0 Å². The number of unbranched alkanes of at least 4 members (excludes halogenated alkanes) is 1. The van der Waals surface area contributed by atoms with Gasteiger partial charge in [-0.05, 0) is 12.8 Å². The van der Waals surface area contributed by atoms with Crippen molar-refractivity contribution >= 4 is 12.1 Å². The first-order valence-electron chi connectivity index (χ1n) is 3.98. The molecule has 0 fully saturated rings. The van der Waals surface area contributed by atoms with Crippen LogP contribution in [0.1, 0.15) is 19.3 Å². The third-order valence-corrected chi connectivity index (χ3v) is 1.39. The molecule has 0 saturated heterocycles. The Labute approximate surface area is 77.0 Å². The van der Waals surface area contributed by atoms with Crippen molar-refractivity contribution in [3.05, 3.63) is 0 Å². The van der Waals surface area contributed by atoms with E-state index in [4.69, 9.17) is 0 Å². The van der Waals surface area contributed by atoms with Crippen molar-refractivity contribution in [2.75, 3.05) is 20.8 Å². The van der Waals surface area contributed by atoms with Gasteiger partial charge < -0.3 is 14.2 Å². The Morgan fingerprint density at radius 1 is 1.08 bits per heavy atom. The minimum absolute atomic E-state index is 0.252. The molecule has 0 aromatic carbocycles. The molecule has 13 heavy (non-hydrogen) atoms. The zero-order valence-corrected chi connectivity index (χ0v) is 7.87. The molecular weight excluding hydrogens is 176 g/mol. The monoisotopic (exact) mass is 190 g/mol. The minimum Gasteiger partial charge on any atom is -0.469 e. The van der Waals surface area contributed by atoms with Crippen LogP contribution in [0.2, 0.25) is 0 Å². The van der Waals surface area contributed by atoms with Crippen LogP contribution in [0.5, 0.6) is 0 Å². The van der Waals surface area contributed by atoms with Crippen molar-refractivity contribution in [3.63, 3.8) is 0 Å². The second-order valence-electron chi connectivity index (χ2n) is 2.34. The van der Waals surface area contributed by atoms with Crippen LogP contribution in [0, 0.1) is 0 Å². The number of rotatable bonds is 5. The van der Waals surface area contributed by atoms with E-state index in [2.05, 4.69) is 14.2 Å². The predicted octanol–water partition coefficient (Wildman–Crippen LogP) is 1.11. The van der Waals surface area contributed by atoms with Gasteiger partial charge in [0.15, 0.2) is 0 Å². The van der Waals surface area contributed by atoms with E-state index in [0.717, 1.165) is 0 Å². The normalized spacial score (nSPS) is 9.08. The van der Waals surface area contributed by atoms with Crippen LogP contribution in [0.15, 0.2) is 0 Å². The molecule has 5 heteroatoms. The quantitative estimate of drug-likeness (QED) is 0.480. The molecule has 0 spiro atoms. The van der Waals surface area contributed by atoms with Crippen LogP contribution in [0.4, 0.5) is 4.79 Å². The van der Waals surface area contributed by atoms with E-state index in [0.29, 0.717) is 19.3 Å². The van der Waals surface area contributed by atoms with Crippen molar-refractivity contribution in [2.45, 2.75) is 19.3 Å². The minimum atomic E-state index is -0.696. The predicted molar refractivity (Wildman–Crippen MR) is 44.2 cm³/mol. The number of hydrogen-bond acceptors (Lipinski definition) is 5. The maximum absolute atomic E-state index is 10.6. The lowest BCUT2D eigenvalue weighted by atomic mass is 10.2. The summed E-state index contributed by atoms with van der Waals surface area (Å²) in [5.74, 6) is -0.252. The van der Waals surface area contributed by atoms with Gasteiger partial charge in [0.1, 0.15) is 0 Å². The van der Waals surface area contributed by atoms with Gasteiger partial charge in [0.05, 0.1) is 20.8 Å². The summed E-state index contributed by atoms with van der Waals surface area (Å²) in [6.07, 6.45) is 0.924. The zero-order chi connectivity index (χ0) is 10.1. The van der Waals surface area contributed by atoms with E-state index in [9.17, 15) is 9.59 Å². The lowest BCUT2D eigenvalue weighted by Gasteiger charge is -2.01. The second-order valence-corrected chi connectivity index (χ2v) is 2.34. The van der Waals surface area contributed by atoms with Gasteiger partial charge in [0, 0.05) is 6.42 Å². The SMILES string of the molecule is COC(=O)CCCCOC(=O)OC. The van der Waals surface area contributed by atoms with Crippen LogP contribution in [-0.4, -0.2) is 33.0 Å². The van der Waals surface area contributed by atoms with Crippen molar-refractivity contribution in [3.8, 4) is 0 Å². The van der Waals surface area contributed by atoms with Crippen molar-refractivity contribution in [1.29, 1.82) is 0 Å². The Morgan fingerprint density at radius 2 is 1.77 bits per heavy atom. The van der Waals surface area contributed by atoms with Crippen molar-refractivity contribution in [2.24, 2.45) is 0 Å². The van der Waals surface area contributed by atoms with Gasteiger partial charge in [-0.3, -0.25) is 4.79 Å². The molecule has 5 nitrogen and oxygen atoms in total. The third-order valence-electron chi connectivity index (χ3n) is 1.39. The van der Waals surface area contributed by atoms with Crippen LogP contribution in [0.3, 0.4) is 0 Å². The fraction of sp³-hybridized carbons (Fsp3) is 0.750. The van der Waals surface area contributed by atoms with Crippen molar-refractivity contribution in [1.82, 2.24) is 0 Å². The summed E-state index contributed by atoms with van der Waals surface area (Å²) < 4.78 is 13.3. The number of ether oxygens (including phenoxy) is 3. The molecule has 0 aromatic rings. The molecule has 0 aliphatic heterocycles. The maximum Gasteiger partial charge on any atom is 0.507 e. The molecule has 0 aromatic heterocycles. The standard InChI is InChI=1S/C8H14O5/c1-11-7(9)5-3-4-6-13-8(10)12-2/h3-6H2,1-2H3. The van der Waals surface area contributed by atoms with E-state index < -0.39 is 6.16 Å². The first-order chi connectivity index (χ1) is 6.20. The molecular formula is C8H14O5. The summed E-state index contributed by atoms with van der Waals surface area (Å²) >= 11 is 0. The van der Waals surface area contributed by atoms with E-state index in [1.54, 1.807) is 0 Å². The average molecular weight is 190 g/mol. The van der Waals surface area contributed by atoms with Gasteiger partial charge in [0.2, 0.25) is 0 Å². The van der Waals surface area contributed by atoms with Crippen LogP contribution in [-0.2, 0) is 19.0 Å². The molecule has 0 amide bonds. The van der Waals surface area contributed by atoms with Crippen LogP contribution in [0.25, 0.3) is 0 Å². The first-order valence-corrected chi connectivity index (χ1v) is 3.98. The maximum atomic E-state index is 10.6. The number of hydrogen-bond donors (Lipinski definition) is 0. The Bertz CT molecular complexity index is 148. The topological polar surface area (TPSA) is 61.8 Å². The summed E-state index contributed by atoms with van der Waals surface area (Å²) in [5.41, 5.74) is 0. The molecule has 0 aliphatic rings. The number of carbonyl (C=O) groups excluding carboxylic acids is 2. The molecule has 0 rings (SSSR count). The molecule has 76 valence electrons. The molecule has 0 N–H and O–H groups in total. The van der Waals surface area contributed by atoms with Gasteiger partial charge in [0.25, 0.3) is 0 Å². The number of methoxy groups -OCH3 is 2. The summed E-state index contributed by atoms with van der Waals surface area (Å²) in [6.45, 7) is 0.268. The number of esters is 1. The Balaban J connectivity index is 3.17. The summed E-state index contributed by atoms with van der Waals surface area (Å²) in [4.78, 5) is 21.0. The average Bonchev–Trinajstić information content (AvgIpc) is 2.16. The lowest BCUT2D eigenvalue weighted by molar-refractivity contribution is -0.140. The molecule has 0 aliphatic carbocycles. The fourth-order valence-electron chi connectivity index (χ4n) is 0.688. The molecule has 0 bridgehead atoms. The fourth-order valence-corrected chi connectivity index (χ4v) is 0.688. The molecule has 0 saturated carbocycles. The van der Waals surface area contributed by atoms with Gasteiger partial charge >= 0.3 is 12.1 Å². The zero-order valence-electron chi connectivity index (χ0n) is 7.87. The highest BCUT2D eigenvalue weighted by Gasteiger charge is 2.01. The Kier molecular flexibility index (Phi) is 6.68. The van der Waals surface area contributed by atoms with Crippen LogP contribution < -0.4 is 0 Å². The largest absolute Gasteiger partial charge is 0.507 e. The Hall–Kier alpha value is -1.26. The molecule has 0 radical (unpaired) electrons. The van der Waals surface area contributed by atoms with Gasteiger partial charge in [-0.1, -0.05) is 0 Å². The molecule has 0 unspecified atom stereocenters. The summed E-state index contributed by atoms with van der Waals surface area (Å²) in [6, 6.07) is 0. The van der Waals surface area contributed by atoms with Gasteiger partial charge in [-0.25, -0.2) is 4.79 Å². The third kappa shape index (κ3) is 7.11. The highest BCUT2D eigenvalue weighted by atomic mass is 16.7. The second kappa shape index (κ2) is 7.39. The smallest absolute Gasteiger partial charge is 0.469 e. The summed E-state index contributed by atoms with van der Waals surface area (Å²) in [7, 11) is 2.59. The van der Waals surface area contributed by atoms with Crippen molar-refractivity contribution < 1.29 is 23.8 Å². The van der Waals surface area contributed by atoms with E-state index >= 15 is 0 Å². The van der Waals surface area contributed by atoms with Gasteiger partial charge in [-0.2, -0.15) is 0 Å². The van der Waals surface area contributed by atoms with E-state index in [1.165, 1.54) is 14.2 Å². The first kappa shape index (κ1) is 11.7. The lowest BCUT2D eigenvalue weighted by Crippen LogP contribution is -2.06. The van der Waals surface area contributed by atoms with E-state index in [1.807, 2.05) is 0 Å². The number of carbonyl (C=O) groups is 2. The van der Waals surface area contributed by atoms with E-state index in [-0.39, 0.29) is 12.6 Å². The molecule has 0 atom stereocenters. The highest BCUT2D eigenvalue weighted by Crippen LogP contribution is 1.97. The molecule has 0 heterocycles.